The molecule has 2 heterocycles. The molecule has 0 aliphatic heterocycles. The molecule has 3 aromatic rings. The summed E-state index contributed by atoms with van der Waals surface area (Å²) in [5.74, 6) is -0.329. The average Bonchev–Trinajstić information content (AvgIpc) is 2.73. The van der Waals surface area contributed by atoms with E-state index >= 15 is 0 Å². The molecule has 1 aromatic carbocycles. The molecule has 2 aromatic heterocycles. The van der Waals surface area contributed by atoms with Crippen molar-refractivity contribution in [3.63, 3.8) is 0 Å². The summed E-state index contributed by atoms with van der Waals surface area (Å²) in [6, 6.07) is 8.76. The Morgan fingerprint density at radius 1 is 1.14 bits per heavy atom. The van der Waals surface area contributed by atoms with Gasteiger partial charge in [0, 0.05) is 29.6 Å². The molecular weight excluding hydrogens is 385 g/mol. The molecule has 3 rings (SSSR count). The highest BCUT2D eigenvalue weighted by molar-refractivity contribution is 5.94. The predicted octanol–water partition coefficient (Wildman–Crippen LogP) is 3.34. The Morgan fingerprint density at radius 2 is 1.86 bits per heavy atom. The van der Waals surface area contributed by atoms with Gasteiger partial charge in [-0.15, -0.1) is 0 Å². The van der Waals surface area contributed by atoms with Crippen LogP contribution in [0, 0.1) is 0 Å². The Hall–Kier alpha value is -3.33. The van der Waals surface area contributed by atoms with Crippen molar-refractivity contribution in [1.29, 1.82) is 0 Å². The zero-order chi connectivity index (χ0) is 21.0. The molecule has 1 amide bonds. The van der Waals surface area contributed by atoms with Crippen molar-refractivity contribution in [3.8, 4) is 22.6 Å². The minimum absolute atomic E-state index is 0.0223. The molecule has 29 heavy (non-hydrogen) atoms. The minimum Gasteiger partial charge on any atom is -0.394 e. The number of aromatic nitrogens is 3. The number of hydrogen-bond donors (Lipinski definition) is 2. The quantitative estimate of drug-likeness (QED) is 0.684. The third-order valence-corrected chi connectivity index (χ3v) is 4.04. The van der Waals surface area contributed by atoms with E-state index in [4.69, 9.17) is 5.11 Å². The van der Waals surface area contributed by atoms with E-state index in [2.05, 4.69) is 20.3 Å². The number of alkyl halides is 3. The largest absolute Gasteiger partial charge is 0.416 e. The maximum Gasteiger partial charge on any atom is 0.416 e. The number of nitrogens with one attached hydrogen (secondary N) is 1. The van der Waals surface area contributed by atoms with Crippen LogP contribution in [0.5, 0.6) is 0 Å². The van der Waals surface area contributed by atoms with Gasteiger partial charge < -0.3 is 10.4 Å². The molecule has 0 fully saturated rings. The van der Waals surface area contributed by atoms with E-state index in [0.717, 1.165) is 12.1 Å². The van der Waals surface area contributed by atoms with Gasteiger partial charge in [-0.2, -0.15) is 13.2 Å². The van der Waals surface area contributed by atoms with Crippen molar-refractivity contribution in [1.82, 2.24) is 20.3 Å². The summed E-state index contributed by atoms with van der Waals surface area (Å²) >= 11 is 0. The van der Waals surface area contributed by atoms with Crippen LogP contribution in [0.25, 0.3) is 22.6 Å². The number of pyridine rings is 1. The third-order valence-electron chi connectivity index (χ3n) is 4.04. The summed E-state index contributed by atoms with van der Waals surface area (Å²) in [6.07, 6.45) is -1.36. The van der Waals surface area contributed by atoms with Gasteiger partial charge in [0.1, 0.15) is 5.69 Å². The molecular formula is C20H17F3N4O2. The van der Waals surface area contributed by atoms with Gasteiger partial charge in [-0.05, 0) is 37.3 Å². The lowest BCUT2D eigenvalue weighted by Gasteiger charge is -2.13. The predicted molar refractivity (Wildman–Crippen MR) is 99.7 cm³/mol. The standard InChI is InChI=1S/C20H17F3N4O2/c1-12(11-28)25-19(29)17-9-16(13-4-6-15(7-5-13)20(21,22)23)26-18(27-17)14-3-2-8-24-10-14/h2-10,12,28H,11H2,1H3,(H,25,29). The highest BCUT2D eigenvalue weighted by atomic mass is 19.4. The van der Waals surface area contributed by atoms with Crippen LogP contribution in [-0.2, 0) is 6.18 Å². The molecule has 0 aliphatic rings. The van der Waals surface area contributed by atoms with Crippen molar-refractivity contribution in [2.75, 3.05) is 6.61 Å². The number of benzene rings is 1. The summed E-state index contributed by atoms with van der Waals surface area (Å²) in [7, 11) is 0. The van der Waals surface area contributed by atoms with Gasteiger partial charge in [0.15, 0.2) is 5.82 Å². The molecule has 0 saturated carbocycles. The van der Waals surface area contributed by atoms with Gasteiger partial charge in [0.05, 0.1) is 17.9 Å². The normalized spacial score (nSPS) is 12.4. The van der Waals surface area contributed by atoms with E-state index in [-0.39, 0.29) is 23.8 Å². The molecule has 0 spiro atoms. The first kappa shape index (κ1) is 20.4. The number of aliphatic hydroxyl groups is 1. The Morgan fingerprint density at radius 3 is 2.45 bits per heavy atom. The monoisotopic (exact) mass is 402 g/mol. The fourth-order valence-corrected chi connectivity index (χ4v) is 2.51. The Labute approximate surface area is 164 Å². The fourth-order valence-electron chi connectivity index (χ4n) is 2.51. The minimum atomic E-state index is -4.45. The molecule has 6 nitrogen and oxygen atoms in total. The Kier molecular flexibility index (Phi) is 5.88. The zero-order valence-corrected chi connectivity index (χ0v) is 15.3. The van der Waals surface area contributed by atoms with Crippen LogP contribution in [0.15, 0.2) is 54.9 Å². The van der Waals surface area contributed by atoms with Gasteiger partial charge >= 0.3 is 6.18 Å². The number of amides is 1. The molecule has 9 heteroatoms. The summed E-state index contributed by atoms with van der Waals surface area (Å²) in [4.78, 5) is 25.1. The topological polar surface area (TPSA) is 88.0 Å². The Bertz CT molecular complexity index is 993. The molecule has 1 atom stereocenters. The first-order valence-electron chi connectivity index (χ1n) is 8.67. The molecule has 0 aliphatic carbocycles. The lowest BCUT2D eigenvalue weighted by Crippen LogP contribution is -2.35. The summed E-state index contributed by atoms with van der Waals surface area (Å²) < 4.78 is 38.5. The summed E-state index contributed by atoms with van der Waals surface area (Å²) in [5, 5.41) is 11.7. The molecule has 150 valence electrons. The van der Waals surface area contributed by atoms with Gasteiger partial charge in [-0.25, -0.2) is 9.97 Å². The zero-order valence-electron chi connectivity index (χ0n) is 15.3. The average molecular weight is 402 g/mol. The van der Waals surface area contributed by atoms with Gasteiger partial charge in [0.2, 0.25) is 0 Å². The SMILES string of the molecule is CC(CO)NC(=O)c1cc(-c2ccc(C(F)(F)F)cc2)nc(-c2cccnc2)n1. The van der Waals surface area contributed by atoms with E-state index in [9.17, 15) is 18.0 Å². The third kappa shape index (κ3) is 4.94. The van der Waals surface area contributed by atoms with E-state index < -0.39 is 23.7 Å². The van der Waals surface area contributed by atoms with Crippen molar-refractivity contribution < 1.29 is 23.1 Å². The van der Waals surface area contributed by atoms with Gasteiger partial charge in [-0.3, -0.25) is 9.78 Å². The van der Waals surface area contributed by atoms with Crippen molar-refractivity contribution >= 4 is 5.91 Å². The first-order valence-corrected chi connectivity index (χ1v) is 8.67. The summed E-state index contributed by atoms with van der Waals surface area (Å²) in [5.41, 5.74) is 0.473. The van der Waals surface area contributed by atoms with E-state index in [1.807, 2.05) is 0 Å². The number of rotatable bonds is 5. The maximum atomic E-state index is 12.8. The van der Waals surface area contributed by atoms with Crippen LogP contribution in [0.2, 0.25) is 0 Å². The van der Waals surface area contributed by atoms with Crippen molar-refractivity contribution in [2.45, 2.75) is 19.1 Å². The summed E-state index contributed by atoms with van der Waals surface area (Å²) in [6.45, 7) is 1.37. The van der Waals surface area contributed by atoms with Crippen molar-refractivity contribution in [2.24, 2.45) is 0 Å². The van der Waals surface area contributed by atoms with Crippen LogP contribution < -0.4 is 5.32 Å². The van der Waals surface area contributed by atoms with Gasteiger partial charge in [0.25, 0.3) is 5.91 Å². The van der Waals surface area contributed by atoms with Crippen LogP contribution in [0.4, 0.5) is 13.2 Å². The van der Waals surface area contributed by atoms with Crippen molar-refractivity contribution in [3.05, 3.63) is 66.1 Å². The van der Waals surface area contributed by atoms with Crippen LogP contribution in [-0.4, -0.2) is 38.6 Å². The number of halogens is 3. The van der Waals surface area contributed by atoms with E-state index in [1.165, 1.54) is 24.4 Å². The second-order valence-corrected chi connectivity index (χ2v) is 6.34. The highest BCUT2D eigenvalue weighted by Crippen LogP contribution is 2.31. The van der Waals surface area contributed by atoms with Gasteiger partial charge in [-0.1, -0.05) is 12.1 Å². The molecule has 1 unspecified atom stereocenters. The maximum absolute atomic E-state index is 12.8. The lowest BCUT2D eigenvalue weighted by atomic mass is 10.1. The molecule has 0 radical (unpaired) electrons. The molecule has 0 bridgehead atoms. The number of hydrogen-bond acceptors (Lipinski definition) is 5. The van der Waals surface area contributed by atoms with Crippen LogP contribution in [0.1, 0.15) is 23.0 Å². The molecule has 0 saturated heterocycles. The smallest absolute Gasteiger partial charge is 0.394 e. The van der Waals surface area contributed by atoms with E-state index in [0.29, 0.717) is 11.1 Å². The van der Waals surface area contributed by atoms with Crippen LogP contribution in [0.3, 0.4) is 0 Å². The second kappa shape index (κ2) is 8.36. The lowest BCUT2D eigenvalue weighted by molar-refractivity contribution is -0.137. The van der Waals surface area contributed by atoms with Crippen LogP contribution >= 0.6 is 0 Å². The first-order chi connectivity index (χ1) is 13.8. The Balaban J connectivity index is 2.06. The number of aliphatic hydroxyl groups excluding tert-OH is 1. The van der Waals surface area contributed by atoms with E-state index in [1.54, 1.807) is 25.3 Å². The number of carbonyl (C=O) groups is 1. The fraction of sp³-hybridized carbons (Fsp3) is 0.200. The molecule has 2 N–H and O–H groups in total. The number of carbonyl (C=O) groups excluding carboxylic acids is 1. The number of nitrogens with zero attached hydrogens (tertiary/aromatic N) is 3. The second-order valence-electron chi connectivity index (χ2n) is 6.34. The highest BCUT2D eigenvalue weighted by Gasteiger charge is 2.30.